The summed E-state index contributed by atoms with van der Waals surface area (Å²) >= 11 is 0. The van der Waals surface area contributed by atoms with Crippen molar-refractivity contribution in [2.75, 3.05) is 31.1 Å². The van der Waals surface area contributed by atoms with Crippen molar-refractivity contribution in [2.24, 2.45) is 0 Å². The van der Waals surface area contributed by atoms with E-state index in [0.717, 1.165) is 13.1 Å². The van der Waals surface area contributed by atoms with E-state index < -0.39 is 5.60 Å². The van der Waals surface area contributed by atoms with E-state index in [-0.39, 0.29) is 30.1 Å². The lowest BCUT2D eigenvalue weighted by atomic mass is 9.85. The van der Waals surface area contributed by atoms with Crippen molar-refractivity contribution >= 4 is 17.6 Å². The average molecular weight is 375 g/mol. The lowest BCUT2D eigenvalue weighted by Crippen LogP contribution is -2.49. The summed E-state index contributed by atoms with van der Waals surface area (Å²) in [5.41, 5.74) is 2.16. The van der Waals surface area contributed by atoms with Crippen LogP contribution in [-0.4, -0.2) is 48.6 Å². The first-order valence-electron chi connectivity index (χ1n) is 9.81. The summed E-state index contributed by atoms with van der Waals surface area (Å²) in [6.07, 6.45) is 0.358. The SMILES string of the molecule is CC(C)(C)OC(=O)CCC(=O)N1CCN(c2ccccc2C(C)(C)C)CC1. The van der Waals surface area contributed by atoms with Crippen LogP contribution in [0.1, 0.15) is 59.9 Å². The van der Waals surface area contributed by atoms with E-state index >= 15 is 0 Å². The predicted octanol–water partition coefficient (Wildman–Crippen LogP) is 3.75. The van der Waals surface area contributed by atoms with Crippen molar-refractivity contribution in [3.05, 3.63) is 29.8 Å². The van der Waals surface area contributed by atoms with E-state index in [9.17, 15) is 9.59 Å². The number of amides is 1. The van der Waals surface area contributed by atoms with Crippen LogP contribution in [-0.2, 0) is 19.7 Å². The zero-order valence-electron chi connectivity index (χ0n) is 17.7. The lowest BCUT2D eigenvalue weighted by molar-refractivity contribution is -0.156. The standard InChI is InChI=1S/C22H34N2O3/c1-21(2,3)17-9-7-8-10-18(17)23-13-15-24(16-14-23)19(25)11-12-20(26)27-22(4,5)6/h7-10H,11-16H2,1-6H3. The van der Waals surface area contributed by atoms with Crippen molar-refractivity contribution in [3.63, 3.8) is 0 Å². The van der Waals surface area contributed by atoms with Crippen molar-refractivity contribution in [1.82, 2.24) is 4.90 Å². The Morgan fingerprint density at radius 3 is 2.07 bits per heavy atom. The molecule has 1 aliphatic heterocycles. The first-order valence-corrected chi connectivity index (χ1v) is 9.81. The van der Waals surface area contributed by atoms with Crippen LogP contribution in [0.5, 0.6) is 0 Å². The van der Waals surface area contributed by atoms with Gasteiger partial charge < -0.3 is 14.5 Å². The van der Waals surface area contributed by atoms with Gasteiger partial charge in [-0.1, -0.05) is 39.0 Å². The van der Waals surface area contributed by atoms with Crippen molar-refractivity contribution < 1.29 is 14.3 Å². The van der Waals surface area contributed by atoms with Crippen molar-refractivity contribution in [2.45, 2.75) is 65.4 Å². The summed E-state index contributed by atoms with van der Waals surface area (Å²) in [5, 5.41) is 0. The van der Waals surface area contributed by atoms with Crippen LogP contribution in [0.2, 0.25) is 0 Å². The number of esters is 1. The molecule has 0 spiro atoms. The smallest absolute Gasteiger partial charge is 0.306 e. The van der Waals surface area contributed by atoms with E-state index in [1.165, 1.54) is 11.3 Å². The molecule has 0 saturated carbocycles. The molecule has 0 atom stereocenters. The first kappa shape index (κ1) is 21.3. The number of piperazine rings is 1. The Balaban J connectivity index is 1.89. The van der Waals surface area contributed by atoms with E-state index in [4.69, 9.17) is 4.74 Å². The predicted molar refractivity (Wildman–Crippen MR) is 109 cm³/mol. The molecule has 5 heteroatoms. The van der Waals surface area contributed by atoms with Crippen LogP contribution in [0.4, 0.5) is 5.69 Å². The first-order chi connectivity index (χ1) is 12.5. The fraction of sp³-hybridized carbons (Fsp3) is 0.636. The van der Waals surface area contributed by atoms with Gasteiger partial charge in [0.1, 0.15) is 5.60 Å². The number of hydrogen-bond acceptors (Lipinski definition) is 4. The molecule has 1 amide bonds. The molecule has 1 heterocycles. The second-order valence-corrected chi connectivity index (χ2v) is 9.22. The van der Waals surface area contributed by atoms with Gasteiger partial charge in [0.05, 0.1) is 6.42 Å². The second kappa shape index (κ2) is 8.32. The van der Waals surface area contributed by atoms with E-state index in [1.807, 2.05) is 25.7 Å². The molecule has 0 aromatic heterocycles. The molecular weight excluding hydrogens is 340 g/mol. The number of carbonyl (C=O) groups excluding carboxylic acids is 2. The highest BCUT2D eigenvalue weighted by Gasteiger charge is 2.26. The molecule has 0 bridgehead atoms. The highest BCUT2D eigenvalue weighted by atomic mass is 16.6. The van der Waals surface area contributed by atoms with Crippen LogP contribution >= 0.6 is 0 Å². The maximum Gasteiger partial charge on any atom is 0.306 e. The quantitative estimate of drug-likeness (QED) is 0.753. The summed E-state index contributed by atoms with van der Waals surface area (Å²) < 4.78 is 5.28. The number of benzene rings is 1. The summed E-state index contributed by atoms with van der Waals surface area (Å²) in [7, 11) is 0. The summed E-state index contributed by atoms with van der Waals surface area (Å²) in [5.74, 6) is -0.279. The van der Waals surface area contributed by atoms with Gasteiger partial charge in [0.15, 0.2) is 0 Å². The number of rotatable bonds is 4. The Morgan fingerprint density at radius 1 is 0.926 bits per heavy atom. The molecule has 1 fully saturated rings. The topological polar surface area (TPSA) is 49.9 Å². The maximum absolute atomic E-state index is 12.4. The minimum atomic E-state index is -0.508. The third-order valence-electron chi connectivity index (χ3n) is 4.65. The third-order valence-corrected chi connectivity index (χ3v) is 4.65. The van der Waals surface area contributed by atoms with Crippen LogP contribution in [0.3, 0.4) is 0 Å². The van der Waals surface area contributed by atoms with Crippen LogP contribution in [0.15, 0.2) is 24.3 Å². The Labute approximate surface area is 163 Å². The van der Waals surface area contributed by atoms with Gasteiger partial charge in [-0.05, 0) is 37.8 Å². The summed E-state index contributed by atoms with van der Waals surface area (Å²) in [6.45, 7) is 15.2. The molecule has 5 nitrogen and oxygen atoms in total. The number of nitrogens with zero attached hydrogens (tertiary/aromatic N) is 2. The molecule has 0 radical (unpaired) electrons. The second-order valence-electron chi connectivity index (χ2n) is 9.22. The summed E-state index contributed by atoms with van der Waals surface area (Å²) in [6, 6.07) is 8.51. The van der Waals surface area contributed by atoms with Gasteiger partial charge in [-0.2, -0.15) is 0 Å². The molecule has 27 heavy (non-hydrogen) atoms. The molecule has 1 aromatic rings. The van der Waals surface area contributed by atoms with Crippen LogP contribution < -0.4 is 4.90 Å². The van der Waals surface area contributed by atoms with Crippen LogP contribution in [0, 0.1) is 0 Å². The van der Waals surface area contributed by atoms with E-state index in [1.54, 1.807) is 0 Å². The van der Waals surface area contributed by atoms with Gasteiger partial charge in [0.2, 0.25) is 5.91 Å². The normalized spacial score (nSPS) is 15.6. The lowest BCUT2D eigenvalue weighted by Gasteiger charge is -2.38. The fourth-order valence-electron chi connectivity index (χ4n) is 3.34. The number of anilines is 1. The minimum Gasteiger partial charge on any atom is -0.460 e. The summed E-state index contributed by atoms with van der Waals surface area (Å²) in [4.78, 5) is 28.5. The monoisotopic (exact) mass is 374 g/mol. The van der Waals surface area contributed by atoms with E-state index in [0.29, 0.717) is 13.1 Å². The molecule has 1 aromatic carbocycles. The fourth-order valence-corrected chi connectivity index (χ4v) is 3.34. The highest BCUT2D eigenvalue weighted by molar-refractivity contribution is 5.81. The Morgan fingerprint density at radius 2 is 1.52 bits per heavy atom. The van der Waals surface area contributed by atoms with Gasteiger partial charge in [-0.15, -0.1) is 0 Å². The highest BCUT2D eigenvalue weighted by Crippen LogP contribution is 2.32. The average Bonchev–Trinajstić information content (AvgIpc) is 2.57. The van der Waals surface area contributed by atoms with Crippen molar-refractivity contribution in [3.8, 4) is 0 Å². The number of hydrogen-bond donors (Lipinski definition) is 0. The molecule has 0 N–H and O–H groups in total. The largest absolute Gasteiger partial charge is 0.460 e. The number of para-hydroxylation sites is 1. The third kappa shape index (κ3) is 6.26. The van der Waals surface area contributed by atoms with Gasteiger partial charge in [0, 0.05) is 38.3 Å². The van der Waals surface area contributed by atoms with E-state index in [2.05, 4.69) is 49.9 Å². The maximum atomic E-state index is 12.4. The Hall–Kier alpha value is -2.04. The van der Waals surface area contributed by atoms with Gasteiger partial charge in [-0.3, -0.25) is 9.59 Å². The molecule has 150 valence electrons. The molecule has 1 aliphatic rings. The number of carbonyl (C=O) groups is 2. The van der Waals surface area contributed by atoms with Gasteiger partial charge in [-0.25, -0.2) is 0 Å². The van der Waals surface area contributed by atoms with Gasteiger partial charge >= 0.3 is 5.97 Å². The molecule has 0 unspecified atom stereocenters. The zero-order chi connectivity index (χ0) is 20.2. The van der Waals surface area contributed by atoms with Crippen molar-refractivity contribution in [1.29, 1.82) is 0 Å². The van der Waals surface area contributed by atoms with Gasteiger partial charge in [0.25, 0.3) is 0 Å². The molecule has 2 rings (SSSR count). The Kier molecular flexibility index (Phi) is 6.55. The number of ether oxygens (including phenoxy) is 1. The zero-order valence-corrected chi connectivity index (χ0v) is 17.7. The van der Waals surface area contributed by atoms with Crippen LogP contribution in [0.25, 0.3) is 0 Å². The molecular formula is C22H34N2O3. The minimum absolute atomic E-state index is 0.0321. The molecule has 0 aliphatic carbocycles. The molecule has 1 saturated heterocycles. The Bertz CT molecular complexity index is 663.